The van der Waals surface area contributed by atoms with E-state index in [1.807, 2.05) is 18.4 Å². The first-order chi connectivity index (χ1) is 12.5. The maximum Gasteiger partial charge on any atom is 0.247 e. The zero-order valence-corrected chi connectivity index (χ0v) is 17.4. The normalized spacial score (nSPS) is 24.5. The second kappa shape index (κ2) is 7.19. The van der Waals surface area contributed by atoms with E-state index in [2.05, 4.69) is 62.4 Å². The number of fused-ring (bicyclic) bond motifs is 3. The van der Waals surface area contributed by atoms with Gasteiger partial charge in [0.15, 0.2) is 11.9 Å². The Morgan fingerprint density at radius 3 is 2.92 bits per heavy atom. The van der Waals surface area contributed by atoms with Crippen molar-refractivity contribution >= 4 is 33.4 Å². The monoisotopic (exact) mass is 432 g/mol. The summed E-state index contributed by atoms with van der Waals surface area (Å²) in [5.74, 6) is 1.46. The van der Waals surface area contributed by atoms with Gasteiger partial charge in [-0.1, -0.05) is 46.3 Å². The number of hydrogen-bond donors (Lipinski definition) is 1. The summed E-state index contributed by atoms with van der Waals surface area (Å²) in [7, 11) is 0. The van der Waals surface area contributed by atoms with Crippen molar-refractivity contribution in [2.24, 2.45) is 11.8 Å². The molecule has 0 saturated heterocycles. The Hall–Kier alpha value is -1.60. The first-order valence-electron chi connectivity index (χ1n) is 8.72. The molecule has 26 heavy (non-hydrogen) atoms. The minimum Gasteiger partial charge on any atom is -0.452 e. The molecule has 4 rings (SSSR count). The van der Waals surface area contributed by atoms with Gasteiger partial charge in [-0.2, -0.15) is 4.98 Å². The third-order valence-electron chi connectivity index (χ3n) is 5.09. The van der Waals surface area contributed by atoms with Crippen LogP contribution in [0.15, 0.2) is 39.5 Å². The van der Waals surface area contributed by atoms with E-state index in [1.54, 1.807) is 0 Å². The predicted octanol–water partition coefficient (Wildman–Crippen LogP) is 5.15. The summed E-state index contributed by atoms with van der Waals surface area (Å²) >= 11 is 5.02. The van der Waals surface area contributed by atoms with Crippen molar-refractivity contribution in [3.8, 4) is 17.1 Å². The van der Waals surface area contributed by atoms with Crippen molar-refractivity contribution < 1.29 is 4.74 Å². The summed E-state index contributed by atoms with van der Waals surface area (Å²) in [4.78, 5) is 4.60. The Balaban J connectivity index is 1.79. The smallest absolute Gasteiger partial charge is 0.247 e. The number of ether oxygens (including phenoxy) is 1. The molecule has 2 heterocycles. The van der Waals surface area contributed by atoms with Gasteiger partial charge in [0.2, 0.25) is 11.0 Å². The van der Waals surface area contributed by atoms with Gasteiger partial charge in [-0.15, -0.1) is 10.2 Å². The molecule has 2 aromatic rings. The Labute approximate surface area is 166 Å². The summed E-state index contributed by atoms with van der Waals surface area (Å²) in [5, 5.41) is 12.8. The van der Waals surface area contributed by atoms with Crippen molar-refractivity contribution in [1.29, 1.82) is 0 Å². The highest BCUT2D eigenvalue weighted by Gasteiger charge is 2.34. The largest absolute Gasteiger partial charge is 0.452 e. The number of thioether (sulfide) groups is 1. The molecule has 3 atom stereocenters. The average molecular weight is 433 g/mol. The number of hydrogen-bond acceptors (Lipinski definition) is 6. The van der Waals surface area contributed by atoms with Gasteiger partial charge in [0.1, 0.15) is 0 Å². The number of nitrogens with one attached hydrogen (secondary N) is 1. The van der Waals surface area contributed by atoms with E-state index in [9.17, 15) is 0 Å². The fourth-order valence-electron chi connectivity index (χ4n) is 3.71. The molecular weight excluding hydrogens is 412 g/mol. The molecule has 0 bridgehead atoms. The third kappa shape index (κ3) is 3.34. The maximum atomic E-state index is 6.38. The van der Waals surface area contributed by atoms with Crippen molar-refractivity contribution in [2.45, 2.75) is 38.1 Å². The lowest BCUT2D eigenvalue weighted by molar-refractivity contribution is 0.114. The van der Waals surface area contributed by atoms with Crippen LogP contribution >= 0.6 is 27.7 Å². The van der Waals surface area contributed by atoms with Crippen LogP contribution in [0.4, 0.5) is 5.69 Å². The Kier molecular flexibility index (Phi) is 4.92. The molecule has 0 fully saturated rings. The second-order valence-corrected chi connectivity index (χ2v) is 8.65. The zero-order valence-electron chi connectivity index (χ0n) is 15.0. The molecule has 1 aliphatic carbocycles. The highest BCUT2D eigenvalue weighted by atomic mass is 79.9. The maximum absolute atomic E-state index is 6.38. The van der Waals surface area contributed by atoms with Crippen LogP contribution in [0.3, 0.4) is 0 Å². The van der Waals surface area contributed by atoms with Gasteiger partial charge < -0.3 is 10.1 Å². The van der Waals surface area contributed by atoms with Gasteiger partial charge in [-0.3, -0.25) is 0 Å². The van der Waals surface area contributed by atoms with Crippen LogP contribution in [0.5, 0.6) is 5.88 Å². The van der Waals surface area contributed by atoms with Crippen molar-refractivity contribution in [3.63, 3.8) is 0 Å². The van der Waals surface area contributed by atoms with Crippen LogP contribution in [0.25, 0.3) is 11.3 Å². The predicted molar refractivity (Wildman–Crippen MR) is 108 cm³/mol. The summed E-state index contributed by atoms with van der Waals surface area (Å²) in [6.07, 6.45) is 6.22. The average Bonchev–Trinajstić information content (AvgIpc) is 2.77. The van der Waals surface area contributed by atoms with Gasteiger partial charge >= 0.3 is 0 Å². The van der Waals surface area contributed by atoms with Gasteiger partial charge in [0.05, 0.1) is 0 Å². The Morgan fingerprint density at radius 2 is 2.15 bits per heavy atom. The first kappa shape index (κ1) is 17.8. The molecule has 7 heteroatoms. The molecule has 5 nitrogen and oxygen atoms in total. The van der Waals surface area contributed by atoms with Crippen LogP contribution < -0.4 is 10.1 Å². The van der Waals surface area contributed by atoms with E-state index in [-0.39, 0.29) is 6.23 Å². The lowest BCUT2D eigenvalue weighted by Crippen LogP contribution is -2.39. The van der Waals surface area contributed by atoms with Gasteiger partial charge in [0, 0.05) is 21.6 Å². The molecule has 1 aliphatic heterocycles. The summed E-state index contributed by atoms with van der Waals surface area (Å²) in [6.45, 7) is 4.50. The number of allylic oxidation sites excluding steroid dienone is 2. The van der Waals surface area contributed by atoms with Crippen molar-refractivity contribution in [3.05, 3.63) is 34.3 Å². The van der Waals surface area contributed by atoms with Crippen molar-refractivity contribution in [1.82, 2.24) is 15.2 Å². The number of aromatic nitrogens is 3. The number of rotatable bonds is 2. The number of anilines is 1. The molecule has 2 aliphatic rings. The summed E-state index contributed by atoms with van der Waals surface area (Å²) in [6, 6.07) is 6.12. The van der Waals surface area contributed by atoms with Gasteiger partial charge in [0.25, 0.3) is 0 Å². The minimum absolute atomic E-state index is 0.151. The quantitative estimate of drug-likeness (QED) is 0.523. The second-order valence-electron chi connectivity index (χ2n) is 6.96. The van der Waals surface area contributed by atoms with Crippen molar-refractivity contribution in [2.75, 3.05) is 11.6 Å². The van der Waals surface area contributed by atoms with E-state index < -0.39 is 0 Å². The molecular formula is C19H21BrN4OS. The Bertz CT molecular complexity index is 873. The summed E-state index contributed by atoms with van der Waals surface area (Å²) < 4.78 is 7.37. The molecule has 0 amide bonds. The Morgan fingerprint density at radius 1 is 1.31 bits per heavy atom. The zero-order chi connectivity index (χ0) is 18.3. The number of nitrogens with zero attached hydrogens (tertiary/aromatic N) is 3. The first-order valence-corrected chi connectivity index (χ1v) is 10.7. The molecule has 0 radical (unpaired) electrons. The third-order valence-corrected chi connectivity index (χ3v) is 6.12. The molecule has 3 unspecified atom stereocenters. The molecule has 1 aromatic carbocycles. The highest BCUT2D eigenvalue weighted by Crippen LogP contribution is 2.41. The lowest BCUT2D eigenvalue weighted by atomic mass is 9.80. The number of benzene rings is 1. The fourth-order valence-corrected chi connectivity index (χ4v) is 4.36. The summed E-state index contributed by atoms with van der Waals surface area (Å²) in [5.41, 5.74) is 4.10. The van der Waals surface area contributed by atoms with Crippen LogP contribution in [-0.4, -0.2) is 27.7 Å². The van der Waals surface area contributed by atoms with E-state index in [4.69, 9.17) is 4.74 Å². The lowest BCUT2D eigenvalue weighted by Gasteiger charge is -2.34. The van der Waals surface area contributed by atoms with Gasteiger partial charge in [-0.05, 0) is 50.1 Å². The van der Waals surface area contributed by atoms with E-state index >= 15 is 0 Å². The molecule has 136 valence electrons. The SMILES string of the molecule is CSc1nnc2c(n1)OC(C1CC=C(C)CC1C)Nc1ccc(Br)cc1-2. The van der Waals surface area contributed by atoms with Crippen LogP contribution in [0, 0.1) is 11.8 Å². The van der Waals surface area contributed by atoms with E-state index in [1.165, 1.54) is 17.3 Å². The topological polar surface area (TPSA) is 59.9 Å². The minimum atomic E-state index is -0.151. The fraction of sp³-hybridized carbons (Fsp3) is 0.421. The van der Waals surface area contributed by atoms with Crippen LogP contribution in [0.2, 0.25) is 0 Å². The van der Waals surface area contributed by atoms with E-state index in [0.29, 0.717) is 28.6 Å². The standard InChI is InChI=1S/C19H21BrN4OS/c1-10-4-6-13(11(2)8-10)17-21-15-7-5-12(20)9-14(15)16-18(25-17)22-19(26-3)24-23-16/h4-5,7,9,11,13,17,21H,6,8H2,1-3H3. The molecule has 1 aromatic heterocycles. The highest BCUT2D eigenvalue weighted by molar-refractivity contribution is 9.10. The van der Waals surface area contributed by atoms with Crippen LogP contribution in [0.1, 0.15) is 26.7 Å². The van der Waals surface area contributed by atoms with E-state index in [0.717, 1.165) is 28.6 Å². The number of halogens is 1. The molecule has 0 spiro atoms. The van der Waals surface area contributed by atoms with Crippen LogP contribution in [-0.2, 0) is 0 Å². The molecule has 1 N–H and O–H groups in total. The molecule has 0 saturated carbocycles. The van der Waals surface area contributed by atoms with Gasteiger partial charge in [-0.25, -0.2) is 0 Å².